The molecule has 30 heavy (non-hydrogen) atoms. The zero-order valence-corrected chi connectivity index (χ0v) is 16.3. The summed E-state index contributed by atoms with van der Waals surface area (Å²) in [7, 11) is 1.63. The zero-order valence-electron chi connectivity index (χ0n) is 16.3. The van der Waals surface area contributed by atoms with E-state index >= 15 is 0 Å². The van der Waals surface area contributed by atoms with Crippen LogP contribution in [-0.2, 0) is 17.9 Å². The molecule has 0 unspecified atom stereocenters. The zero-order chi connectivity index (χ0) is 21.9. The Morgan fingerprint density at radius 2 is 2.03 bits per heavy atom. The summed E-state index contributed by atoms with van der Waals surface area (Å²) in [5.74, 6) is -0.572. The van der Waals surface area contributed by atoms with Gasteiger partial charge in [0, 0.05) is 37.0 Å². The number of carbonyl (C=O) groups is 1. The molecule has 2 aromatic carbocycles. The molecule has 158 valence electrons. The quantitative estimate of drug-likeness (QED) is 0.686. The van der Waals surface area contributed by atoms with Crippen molar-refractivity contribution in [2.45, 2.75) is 19.5 Å². The standard InChI is InChI=1S/C22H21F3N2O3/c1-3-20(29)27(2)12-15-11-18(21-17(19(15)13-28)5-4-10-26-21)14-6-8-16(9-7-14)30-22(23,24)25/h3-9,11,26,28H,1,10,12-13H2,2H3. The van der Waals surface area contributed by atoms with Crippen molar-refractivity contribution < 1.29 is 27.8 Å². The minimum absolute atomic E-state index is 0.224. The van der Waals surface area contributed by atoms with Gasteiger partial charge < -0.3 is 20.1 Å². The van der Waals surface area contributed by atoms with Crippen LogP contribution in [-0.4, -0.2) is 35.9 Å². The van der Waals surface area contributed by atoms with E-state index in [1.54, 1.807) is 7.05 Å². The maximum atomic E-state index is 12.4. The van der Waals surface area contributed by atoms with Crippen molar-refractivity contribution in [3.63, 3.8) is 0 Å². The van der Waals surface area contributed by atoms with E-state index in [1.165, 1.54) is 35.2 Å². The Hall–Kier alpha value is -3.26. The van der Waals surface area contributed by atoms with Gasteiger partial charge in [-0.05, 0) is 41.0 Å². The molecule has 8 heteroatoms. The summed E-state index contributed by atoms with van der Waals surface area (Å²) in [6.45, 7) is 4.08. The minimum Gasteiger partial charge on any atom is -0.406 e. The first-order chi connectivity index (χ1) is 14.2. The van der Waals surface area contributed by atoms with E-state index in [0.29, 0.717) is 17.7 Å². The van der Waals surface area contributed by atoms with Crippen molar-refractivity contribution in [2.75, 3.05) is 18.9 Å². The van der Waals surface area contributed by atoms with Crippen LogP contribution in [0.3, 0.4) is 0 Å². The normalized spacial score (nSPS) is 12.7. The van der Waals surface area contributed by atoms with Crippen LogP contribution in [0.15, 0.2) is 49.1 Å². The molecule has 0 fully saturated rings. The molecule has 0 spiro atoms. The monoisotopic (exact) mass is 418 g/mol. The number of benzene rings is 2. The smallest absolute Gasteiger partial charge is 0.406 e. The lowest BCUT2D eigenvalue weighted by molar-refractivity contribution is -0.274. The van der Waals surface area contributed by atoms with Crippen molar-refractivity contribution >= 4 is 17.7 Å². The van der Waals surface area contributed by atoms with Gasteiger partial charge in [0.25, 0.3) is 0 Å². The van der Waals surface area contributed by atoms with E-state index in [-0.39, 0.29) is 24.8 Å². The predicted molar refractivity (Wildman–Crippen MR) is 109 cm³/mol. The third-order valence-electron chi connectivity index (χ3n) is 4.77. The maximum absolute atomic E-state index is 12.4. The molecule has 0 saturated heterocycles. The average Bonchev–Trinajstić information content (AvgIpc) is 2.72. The molecule has 2 N–H and O–H groups in total. The van der Waals surface area contributed by atoms with E-state index in [9.17, 15) is 23.1 Å². The summed E-state index contributed by atoms with van der Waals surface area (Å²) in [5.41, 5.74) is 4.39. The number of likely N-dealkylation sites (N-methyl/N-ethyl adjacent to an activating group) is 1. The van der Waals surface area contributed by atoms with Crippen LogP contribution in [0, 0.1) is 0 Å². The number of alkyl halides is 3. The molecule has 0 aromatic heterocycles. The fourth-order valence-electron chi connectivity index (χ4n) is 3.40. The number of hydrogen-bond donors (Lipinski definition) is 2. The van der Waals surface area contributed by atoms with Crippen LogP contribution < -0.4 is 10.1 Å². The highest BCUT2D eigenvalue weighted by Gasteiger charge is 2.31. The average molecular weight is 418 g/mol. The third-order valence-corrected chi connectivity index (χ3v) is 4.77. The number of aliphatic hydroxyl groups excluding tert-OH is 1. The second-order valence-corrected chi connectivity index (χ2v) is 6.76. The van der Waals surface area contributed by atoms with Crippen LogP contribution >= 0.6 is 0 Å². The molecular weight excluding hydrogens is 397 g/mol. The molecule has 2 aromatic rings. The van der Waals surface area contributed by atoms with Crippen molar-refractivity contribution in [2.24, 2.45) is 0 Å². The lowest BCUT2D eigenvalue weighted by Gasteiger charge is -2.25. The highest BCUT2D eigenvalue weighted by atomic mass is 19.4. The highest BCUT2D eigenvalue weighted by molar-refractivity contribution is 5.89. The van der Waals surface area contributed by atoms with Gasteiger partial charge in [-0.15, -0.1) is 13.2 Å². The summed E-state index contributed by atoms with van der Waals surface area (Å²) in [4.78, 5) is 13.4. The van der Waals surface area contributed by atoms with Crippen LogP contribution in [0.2, 0.25) is 0 Å². The Morgan fingerprint density at radius 1 is 1.33 bits per heavy atom. The van der Waals surface area contributed by atoms with E-state index in [1.807, 2.05) is 18.2 Å². The summed E-state index contributed by atoms with van der Waals surface area (Å²) in [6, 6.07) is 7.42. The van der Waals surface area contributed by atoms with Gasteiger partial charge in [-0.1, -0.05) is 30.9 Å². The number of halogens is 3. The van der Waals surface area contributed by atoms with Crippen molar-refractivity contribution in [1.29, 1.82) is 0 Å². The first kappa shape index (κ1) is 21.4. The van der Waals surface area contributed by atoms with Crippen LogP contribution in [0.25, 0.3) is 17.2 Å². The van der Waals surface area contributed by atoms with Gasteiger partial charge >= 0.3 is 6.36 Å². The fourth-order valence-corrected chi connectivity index (χ4v) is 3.40. The number of carbonyl (C=O) groups excluding carboxylic acids is 1. The molecule has 1 amide bonds. The molecule has 5 nitrogen and oxygen atoms in total. The topological polar surface area (TPSA) is 61.8 Å². The van der Waals surface area contributed by atoms with Crippen molar-refractivity contribution in [3.8, 4) is 16.9 Å². The molecule has 0 saturated carbocycles. The molecule has 0 aliphatic carbocycles. The Morgan fingerprint density at radius 3 is 2.63 bits per heavy atom. The number of amides is 1. The Bertz CT molecular complexity index is 983. The predicted octanol–water partition coefficient (Wildman–Crippen LogP) is 4.33. The molecule has 0 atom stereocenters. The van der Waals surface area contributed by atoms with Gasteiger partial charge in [-0.3, -0.25) is 4.79 Å². The number of ether oxygens (including phenoxy) is 1. The van der Waals surface area contributed by atoms with Crippen LogP contribution in [0.5, 0.6) is 5.75 Å². The first-order valence-corrected chi connectivity index (χ1v) is 9.17. The molecule has 1 aliphatic heterocycles. The third kappa shape index (κ3) is 4.65. The van der Waals surface area contributed by atoms with Crippen LogP contribution in [0.1, 0.15) is 16.7 Å². The van der Waals surface area contributed by atoms with E-state index < -0.39 is 6.36 Å². The lowest BCUT2D eigenvalue weighted by atomic mass is 9.90. The SMILES string of the molecule is C=CC(=O)N(C)Cc1cc(-c2ccc(OC(F)(F)F)cc2)c2c(c1CO)C=CCN2. The summed E-state index contributed by atoms with van der Waals surface area (Å²) in [5, 5.41) is 13.2. The van der Waals surface area contributed by atoms with Gasteiger partial charge in [0.15, 0.2) is 0 Å². The summed E-state index contributed by atoms with van der Waals surface area (Å²) >= 11 is 0. The Labute approximate surface area is 172 Å². The number of fused-ring (bicyclic) bond motifs is 1. The molecule has 0 bridgehead atoms. The van der Waals surface area contributed by atoms with E-state index in [0.717, 1.165) is 22.4 Å². The molecule has 1 aliphatic rings. The maximum Gasteiger partial charge on any atom is 0.573 e. The van der Waals surface area contributed by atoms with Crippen LogP contribution in [0.4, 0.5) is 18.9 Å². The van der Waals surface area contributed by atoms with Crippen molar-refractivity contribution in [3.05, 3.63) is 65.8 Å². The fraction of sp³-hybridized carbons (Fsp3) is 0.227. The minimum atomic E-state index is -4.76. The first-order valence-electron chi connectivity index (χ1n) is 9.17. The summed E-state index contributed by atoms with van der Waals surface area (Å²) in [6.07, 6.45) is 0.249. The molecule has 3 rings (SSSR count). The van der Waals surface area contributed by atoms with E-state index in [4.69, 9.17) is 0 Å². The second kappa shape index (κ2) is 8.62. The largest absolute Gasteiger partial charge is 0.573 e. The van der Waals surface area contributed by atoms with Gasteiger partial charge in [0.1, 0.15) is 5.75 Å². The van der Waals surface area contributed by atoms with Gasteiger partial charge in [0.2, 0.25) is 5.91 Å². The summed E-state index contributed by atoms with van der Waals surface area (Å²) < 4.78 is 41.3. The molecule has 1 heterocycles. The number of anilines is 1. The Balaban J connectivity index is 2.07. The highest BCUT2D eigenvalue weighted by Crippen LogP contribution is 2.39. The second-order valence-electron chi connectivity index (χ2n) is 6.76. The molecular formula is C22H21F3N2O3. The number of hydrogen-bond acceptors (Lipinski definition) is 4. The Kier molecular flexibility index (Phi) is 6.17. The number of nitrogens with zero attached hydrogens (tertiary/aromatic N) is 1. The number of nitrogens with one attached hydrogen (secondary N) is 1. The molecule has 0 radical (unpaired) electrons. The van der Waals surface area contributed by atoms with Gasteiger partial charge in [-0.25, -0.2) is 0 Å². The van der Waals surface area contributed by atoms with E-state index in [2.05, 4.69) is 16.6 Å². The lowest BCUT2D eigenvalue weighted by Crippen LogP contribution is -2.25. The van der Waals surface area contributed by atoms with Gasteiger partial charge in [0.05, 0.1) is 6.61 Å². The number of rotatable bonds is 6. The van der Waals surface area contributed by atoms with Crippen molar-refractivity contribution in [1.82, 2.24) is 4.90 Å². The van der Waals surface area contributed by atoms with Gasteiger partial charge in [-0.2, -0.15) is 0 Å². The number of aliphatic hydroxyl groups is 1.